The van der Waals surface area contributed by atoms with Crippen molar-refractivity contribution in [2.24, 2.45) is 0 Å². The van der Waals surface area contributed by atoms with E-state index in [1.807, 2.05) is 42.6 Å². The fraction of sp³-hybridized carbons (Fsp3) is 0.263. The van der Waals surface area contributed by atoms with E-state index in [0.717, 1.165) is 61.8 Å². The van der Waals surface area contributed by atoms with Gasteiger partial charge in [0.1, 0.15) is 0 Å². The molecule has 11 heteroatoms. The van der Waals surface area contributed by atoms with Crippen molar-refractivity contribution in [2.75, 3.05) is 13.2 Å². The summed E-state index contributed by atoms with van der Waals surface area (Å²) in [5.74, 6) is 0. The van der Waals surface area contributed by atoms with Crippen LogP contribution in [0, 0.1) is 12.1 Å². The van der Waals surface area contributed by atoms with E-state index in [2.05, 4.69) is 279 Å². The molecule has 0 unspecified atom stereocenters. The van der Waals surface area contributed by atoms with E-state index < -0.39 is 0 Å². The first-order chi connectivity index (χ1) is 39.2. The van der Waals surface area contributed by atoms with Crippen LogP contribution in [-0.2, 0) is 26.4 Å². The van der Waals surface area contributed by atoms with Crippen LogP contribution in [0.4, 0.5) is 0 Å². The molecular formula is C76H81Br3Mg3N4O. The van der Waals surface area contributed by atoms with Crippen molar-refractivity contribution in [1.29, 1.82) is 0 Å². The van der Waals surface area contributed by atoms with Gasteiger partial charge in [-0.05, 0) is 79.3 Å². The van der Waals surface area contributed by atoms with Crippen LogP contribution in [-0.4, -0.2) is 102 Å². The second kappa shape index (κ2) is 35.3. The van der Waals surface area contributed by atoms with Crippen LogP contribution in [0.3, 0.4) is 0 Å². The second-order valence-electron chi connectivity index (χ2n) is 24.9. The summed E-state index contributed by atoms with van der Waals surface area (Å²) in [5.41, 5.74) is 12.3. The molecule has 10 aromatic carbocycles. The number of fused-ring (bicyclic) bond motifs is 12. The molecule has 0 atom stereocenters. The zero-order valence-electron chi connectivity index (χ0n) is 55.0. The molecular weight excluding hydrogens is 1300 g/mol. The zero-order chi connectivity index (χ0) is 58.5. The number of ether oxygens (including phenoxy) is 1. The molecule has 13 rings (SSSR count). The van der Waals surface area contributed by atoms with Gasteiger partial charge in [0.05, 0.1) is 34.0 Å². The van der Waals surface area contributed by atoms with Crippen molar-refractivity contribution in [3.8, 4) is 11.3 Å². The Morgan fingerprint density at radius 1 is 0.368 bits per heavy atom. The Bertz CT molecular complexity index is 3710. The maximum absolute atomic E-state index is 5.05. The number of hydrogen-bond acceptors (Lipinski definition) is 5. The third-order valence-electron chi connectivity index (χ3n) is 14.5. The minimum Gasteiger partial charge on any atom is -1.00 e. The Balaban J connectivity index is 0.000000567. The monoisotopic (exact) mass is 1370 g/mol. The average molecular weight is 1380 g/mol. The third kappa shape index (κ3) is 21.1. The molecule has 87 heavy (non-hydrogen) atoms. The van der Waals surface area contributed by atoms with Gasteiger partial charge in [-0.15, -0.1) is 0 Å². The Kier molecular flexibility index (Phi) is 31.2. The molecule has 5 nitrogen and oxygen atoms in total. The Labute approximate surface area is 599 Å². The van der Waals surface area contributed by atoms with Gasteiger partial charge in [0, 0.05) is 57.2 Å². The van der Waals surface area contributed by atoms with E-state index in [0.29, 0.717) is 0 Å². The molecule has 0 bridgehead atoms. The van der Waals surface area contributed by atoms with Gasteiger partial charge in [-0.1, -0.05) is 232 Å². The predicted octanol–water partition coefficient (Wildman–Crippen LogP) is 14.0. The number of rotatable bonds is 1. The largest absolute Gasteiger partial charge is 2.00 e. The molecule has 0 saturated carbocycles. The van der Waals surface area contributed by atoms with Crippen molar-refractivity contribution < 1.29 is 41.6 Å². The first-order valence-corrected chi connectivity index (χ1v) is 29.4. The van der Waals surface area contributed by atoms with Crippen molar-refractivity contribution in [3.63, 3.8) is 0 Å². The Hall–Kier alpha value is -4.38. The van der Waals surface area contributed by atoms with E-state index in [1.54, 1.807) is 12.4 Å². The van der Waals surface area contributed by atoms with Crippen molar-refractivity contribution in [3.05, 3.63) is 252 Å². The molecule has 1 saturated heterocycles. The minimum atomic E-state index is 0. The Morgan fingerprint density at radius 3 is 0.954 bits per heavy atom. The molecule has 0 amide bonds. The summed E-state index contributed by atoms with van der Waals surface area (Å²) in [4.78, 5) is 18.9. The van der Waals surface area contributed by atoms with E-state index in [-0.39, 0.29) is 128 Å². The van der Waals surface area contributed by atoms with Crippen LogP contribution in [0.2, 0.25) is 0 Å². The molecule has 1 aliphatic heterocycles. The van der Waals surface area contributed by atoms with E-state index in [9.17, 15) is 0 Å². The van der Waals surface area contributed by atoms with Gasteiger partial charge in [0.25, 0.3) is 0 Å². The number of nitrogens with zero attached hydrogens (tertiary/aromatic N) is 4. The summed E-state index contributed by atoms with van der Waals surface area (Å²) in [6.45, 7) is 28.6. The molecule has 1 aliphatic rings. The summed E-state index contributed by atoms with van der Waals surface area (Å²) in [5, 5.41) is 9.55. The summed E-state index contributed by atoms with van der Waals surface area (Å²) < 4.78 is 6.09. The SMILES string of the molecule is C1CCOC1.CC(C)(C)c1cc[c-]cc1.CC(C)(C)c1cc[c-]cc1.CC(C)(C)c1ccc(-c2cnc3c4ccccc4c4ccccc4c3n2)cc1.CC(C)(C)c1ccc(Br)cc1.[Br-].[Br-].[H-].[H-].[Mg+2].[Mg+2].[Mg+2].c1ccc2c(c1)c1ccccc1c1nccnc21. The Morgan fingerprint density at radius 2 is 0.655 bits per heavy atom. The molecule has 0 radical (unpaired) electrons. The van der Waals surface area contributed by atoms with Crippen LogP contribution in [0.5, 0.6) is 0 Å². The maximum atomic E-state index is 5.05. The van der Waals surface area contributed by atoms with Crippen molar-refractivity contribution in [2.45, 2.75) is 118 Å². The van der Waals surface area contributed by atoms with Gasteiger partial charge >= 0.3 is 69.2 Å². The van der Waals surface area contributed by atoms with Gasteiger partial charge < -0.3 is 41.6 Å². The fourth-order valence-corrected chi connectivity index (χ4v) is 9.98. The van der Waals surface area contributed by atoms with Gasteiger partial charge in [-0.3, -0.25) is 15.0 Å². The topological polar surface area (TPSA) is 60.8 Å². The number of aromatic nitrogens is 4. The summed E-state index contributed by atoms with van der Waals surface area (Å²) in [6.07, 6.45) is 7.96. The van der Waals surface area contributed by atoms with Crippen molar-refractivity contribution >= 4 is 150 Å². The third-order valence-corrected chi connectivity index (χ3v) is 15.1. The standard InChI is InChI=1S/C26H22N2.C16H10N2.C10H13Br.2C10H13.C4H8O.2BrH.3Mg.2H/c1-26(2,3)18-14-12-17(13-15-18)23-16-27-24-21-10-6-4-8-19(21)20-9-5-7-11-22(20)25(24)28-23;1-3-7-13-11(5-1)12-6-2-4-8-14(12)16-15(13)17-9-10-18-16;1-10(2,3)8-4-6-9(11)7-5-8;2*1-10(2,3)9-7-5-4-6-8-9;1-2-4-5-3-1;;;;;;;/h4-16H,1-3H3;1-10H;4-7H,1-3H3;2*5-8H,1-3H3;1-4H2;2*1H;;;;;/q;;;2*-1;;;;3*+2;2*-1/p-2. The summed E-state index contributed by atoms with van der Waals surface area (Å²) in [7, 11) is 0. The summed E-state index contributed by atoms with van der Waals surface area (Å²) >= 11 is 3.41. The first kappa shape index (κ1) is 76.9. The van der Waals surface area contributed by atoms with E-state index >= 15 is 0 Å². The number of hydrogen-bond donors (Lipinski definition) is 0. The predicted molar refractivity (Wildman–Crippen MR) is 374 cm³/mol. The van der Waals surface area contributed by atoms with Crippen LogP contribution >= 0.6 is 15.9 Å². The van der Waals surface area contributed by atoms with Crippen LogP contribution in [0.1, 0.15) is 121 Å². The van der Waals surface area contributed by atoms with Crippen LogP contribution < -0.4 is 34.0 Å². The van der Waals surface area contributed by atoms with Gasteiger partial charge in [0.15, 0.2) is 0 Å². The molecule has 0 spiro atoms. The van der Waals surface area contributed by atoms with Crippen LogP contribution in [0.25, 0.3) is 76.4 Å². The molecule has 2 aromatic heterocycles. The molecule has 12 aromatic rings. The van der Waals surface area contributed by atoms with Gasteiger partial charge in [-0.25, -0.2) is 4.98 Å². The molecule has 3 heterocycles. The van der Waals surface area contributed by atoms with E-state index in [1.165, 1.54) is 67.4 Å². The summed E-state index contributed by atoms with van der Waals surface area (Å²) in [6, 6.07) is 73.1. The quantitative estimate of drug-likeness (QED) is 0.0931. The molecule has 1 fully saturated rings. The van der Waals surface area contributed by atoms with Gasteiger partial charge in [-0.2, -0.15) is 71.8 Å². The minimum absolute atomic E-state index is 0. The molecule has 438 valence electrons. The van der Waals surface area contributed by atoms with Gasteiger partial charge in [0.2, 0.25) is 0 Å². The second-order valence-corrected chi connectivity index (χ2v) is 25.8. The molecule has 0 aliphatic carbocycles. The maximum Gasteiger partial charge on any atom is 2.00 e. The number of benzene rings is 10. The van der Waals surface area contributed by atoms with Crippen molar-refractivity contribution in [1.82, 2.24) is 19.9 Å². The van der Waals surface area contributed by atoms with E-state index in [4.69, 9.17) is 14.7 Å². The smallest absolute Gasteiger partial charge is 1.00 e. The average Bonchev–Trinajstić information content (AvgIpc) is 1.00. The first-order valence-electron chi connectivity index (χ1n) is 28.6. The normalized spacial score (nSPS) is 11.7. The molecule has 0 N–H and O–H groups in total. The fourth-order valence-electron chi connectivity index (χ4n) is 9.72. The van der Waals surface area contributed by atoms with Crippen LogP contribution in [0.15, 0.2) is 217 Å². The number of halogens is 3. The zero-order valence-corrected chi connectivity index (χ0v) is 62.0.